The Hall–Kier alpha value is -3.32. The van der Waals surface area contributed by atoms with Gasteiger partial charge in [-0.3, -0.25) is 10.1 Å². The number of rotatable bonds is 4. The summed E-state index contributed by atoms with van der Waals surface area (Å²) in [5, 5.41) is 25.7. The van der Waals surface area contributed by atoms with E-state index in [-0.39, 0.29) is 5.69 Å². The van der Waals surface area contributed by atoms with Gasteiger partial charge in [0.1, 0.15) is 0 Å². The summed E-state index contributed by atoms with van der Waals surface area (Å²) in [7, 11) is 0. The topological polar surface area (TPSA) is 97.6 Å². The van der Waals surface area contributed by atoms with Crippen molar-refractivity contribution in [1.29, 1.82) is 0 Å². The molecule has 0 unspecified atom stereocenters. The van der Waals surface area contributed by atoms with E-state index in [1.165, 1.54) is 6.07 Å². The molecule has 8 heteroatoms. The minimum Gasteiger partial charge on any atom is -0.258 e. The van der Waals surface area contributed by atoms with E-state index in [2.05, 4.69) is 20.6 Å². The van der Waals surface area contributed by atoms with Gasteiger partial charge in [0.2, 0.25) is 0 Å². The third kappa shape index (κ3) is 3.12. The summed E-state index contributed by atoms with van der Waals surface area (Å²) < 4.78 is 0. The molecule has 128 valence electrons. The highest BCUT2D eigenvalue weighted by molar-refractivity contribution is 6.30. The minimum absolute atomic E-state index is 0.0514. The molecule has 1 aromatic heterocycles. The number of allylic oxidation sites excluding steroid dienone is 3. The number of nitro benzene ring substituents is 1. The minimum atomic E-state index is -0.396. The number of nitrogens with zero attached hydrogens (tertiary/aromatic N) is 4. The highest BCUT2D eigenvalue weighted by atomic mass is 35.5. The van der Waals surface area contributed by atoms with Crippen LogP contribution in [0.4, 0.5) is 5.69 Å². The first-order chi connectivity index (χ1) is 12.6. The Morgan fingerprint density at radius 2 is 1.96 bits per heavy atom. The average Bonchev–Trinajstić information content (AvgIpc) is 3.26. The Labute approximate surface area is 153 Å². The van der Waals surface area contributed by atoms with Crippen LogP contribution in [0.15, 0.2) is 48.5 Å². The van der Waals surface area contributed by atoms with Crippen LogP contribution in [-0.4, -0.2) is 25.5 Å². The number of nitro groups is 1. The first kappa shape index (κ1) is 16.2. The lowest BCUT2D eigenvalue weighted by atomic mass is 10.0. The van der Waals surface area contributed by atoms with Gasteiger partial charge in [-0.15, -0.1) is 10.2 Å². The van der Waals surface area contributed by atoms with E-state index in [4.69, 9.17) is 11.6 Å². The first-order valence-electron chi connectivity index (χ1n) is 7.79. The fourth-order valence-electron chi connectivity index (χ4n) is 2.94. The van der Waals surface area contributed by atoms with Crippen molar-refractivity contribution in [1.82, 2.24) is 20.6 Å². The number of H-pyrrole nitrogens is 1. The summed E-state index contributed by atoms with van der Waals surface area (Å²) >= 11 is 5.94. The fraction of sp³-hybridized carbons (Fsp3) is 0.0556. The van der Waals surface area contributed by atoms with Crippen LogP contribution in [0.5, 0.6) is 0 Å². The average molecular weight is 366 g/mol. The van der Waals surface area contributed by atoms with Gasteiger partial charge >= 0.3 is 0 Å². The lowest BCUT2D eigenvalue weighted by Gasteiger charge is -2.04. The second-order valence-electron chi connectivity index (χ2n) is 5.81. The predicted molar refractivity (Wildman–Crippen MR) is 98.3 cm³/mol. The van der Waals surface area contributed by atoms with Crippen molar-refractivity contribution in [3.8, 4) is 0 Å². The summed E-state index contributed by atoms with van der Waals surface area (Å²) in [5.74, 6) is 0.529. The quantitative estimate of drug-likeness (QED) is 0.557. The van der Waals surface area contributed by atoms with Crippen molar-refractivity contribution in [2.24, 2.45) is 0 Å². The number of non-ortho nitro benzene ring substituents is 1. The van der Waals surface area contributed by atoms with Crippen LogP contribution < -0.4 is 0 Å². The van der Waals surface area contributed by atoms with E-state index in [1.807, 2.05) is 36.4 Å². The number of aromatic nitrogens is 4. The molecule has 1 aliphatic rings. The van der Waals surface area contributed by atoms with Crippen LogP contribution in [0, 0.1) is 10.1 Å². The molecule has 0 fully saturated rings. The SMILES string of the molecule is O=[N+]([O-])c1ccc2c(c1)C(Cc1nn[nH]n1)=CC2=Cc1ccc(Cl)cc1. The molecule has 2 aromatic carbocycles. The fourth-order valence-corrected chi connectivity index (χ4v) is 3.06. The molecule has 7 nitrogen and oxygen atoms in total. The lowest BCUT2D eigenvalue weighted by molar-refractivity contribution is -0.384. The number of benzene rings is 2. The van der Waals surface area contributed by atoms with Gasteiger partial charge in [-0.25, -0.2) is 0 Å². The number of hydrogen-bond donors (Lipinski definition) is 1. The Balaban J connectivity index is 1.79. The van der Waals surface area contributed by atoms with Gasteiger partial charge in [-0.2, -0.15) is 5.21 Å². The van der Waals surface area contributed by atoms with Crippen LogP contribution >= 0.6 is 11.6 Å². The smallest absolute Gasteiger partial charge is 0.258 e. The van der Waals surface area contributed by atoms with E-state index in [1.54, 1.807) is 12.1 Å². The molecule has 4 rings (SSSR count). The molecule has 0 atom stereocenters. The third-order valence-corrected chi connectivity index (χ3v) is 4.38. The second kappa shape index (κ2) is 6.53. The zero-order valence-electron chi connectivity index (χ0n) is 13.4. The normalized spacial score (nSPS) is 14.3. The van der Waals surface area contributed by atoms with Crippen molar-refractivity contribution in [2.45, 2.75) is 6.42 Å². The zero-order chi connectivity index (χ0) is 18.1. The van der Waals surface area contributed by atoms with Crippen LogP contribution in [0.2, 0.25) is 5.02 Å². The van der Waals surface area contributed by atoms with E-state index in [0.29, 0.717) is 17.3 Å². The van der Waals surface area contributed by atoms with Crippen LogP contribution in [0.3, 0.4) is 0 Å². The Kier molecular flexibility index (Phi) is 4.06. The lowest BCUT2D eigenvalue weighted by Crippen LogP contribution is -1.95. The van der Waals surface area contributed by atoms with E-state index in [0.717, 1.165) is 27.8 Å². The van der Waals surface area contributed by atoms with Gasteiger partial charge in [-0.05, 0) is 52.1 Å². The summed E-state index contributed by atoms with van der Waals surface area (Å²) in [4.78, 5) is 10.8. The molecule has 0 bridgehead atoms. The van der Waals surface area contributed by atoms with Gasteiger partial charge in [0.15, 0.2) is 5.82 Å². The van der Waals surface area contributed by atoms with Crippen molar-refractivity contribution in [3.05, 3.63) is 86.2 Å². The molecule has 3 aromatic rings. The van der Waals surface area contributed by atoms with Crippen molar-refractivity contribution < 1.29 is 4.92 Å². The van der Waals surface area contributed by atoms with E-state index >= 15 is 0 Å². The molecule has 0 saturated carbocycles. The molecule has 1 N–H and O–H groups in total. The van der Waals surface area contributed by atoms with E-state index < -0.39 is 4.92 Å². The van der Waals surface area contributed by atoms with Gasteiger partial charge < -0.3 is 0 Å². The molecule has 0 saturated heterocycles. The number of halogens is 1. The van der Waals surface area contributed by atoms with Gasteiger partial charge in [0.05, 0.1) is 4.92 Å². The second-order valence-corrected chi connectivity index (χ2v) is 6.25. The van der Waals surface area contributed by atoms with E-state index in [9.17, 15) is 10.1 Å². The highest BCUT2D eigenvalue weighted by Gasteiger charge is 2.22. The van der Waals surface area contributed by atoms with Crippen LogP contribution in [0.1, 0.15) is 22.5 Å². The summed E-state index contributed by atoms with van der Waals surface area (Å²) in [5.41, 5.74) is 4.66. The van der Waals surface area contributed by atoms with Gasteiger partial charge in [0, 0.05) is 23.6 Å². The maximum absolute atomic E-state index is 11.1. The summed E-state index contributed by atoms with van der Waals surface area (Å²) in [6.07, 6.45) is 4.45. The molecule has 1 aliphatic carbocycles. The first-order valence-corrected chi connectivity index (χ1v) is 8.17. The molecule has 0 aliphatic heterocycles. The molecular formula is C18H12ClN5O2. The van der Waals surface area contributed by atoms with Crippen molar-refractivity contribution in [2.75, 3.05) is 0 Å². The Morgan fingerprint density at radius 3 is 2.65 bits per heavy atom. The van der Waals surface area contributed by atoms with Crippen molar-refractivity contribution >= 4 is 34.5 Å². The number of aromatic amines is 1. The van der Waals surface area contributed by atoms with Gasteiger partial charge in [-0.1, -0.05) is 35.0 Å². The maximum atomic E-state index is 11.1. The molecule has 0 amide bonds. The number of nitrogens with one attached hydrogen (secondary N) is 1. The molecule has 0 spiro atoms. The Bertz CT molecular complexity index is 1040. The Morgan fingerprint density at radius 1 is 1.15 bits per heavy atom. The molecule has 1 heterocycles. The molecular weight excluding hydrogens is 354 g/mol. The third-order valence-electron chi connectivity index (χ3n) is 4.13. The number of fused-ring (bicyclic) bond motifs is 1. The van der Waals surface area contributed by atoms with Gasteiger partial charge in [0.25, 0.3) is 5.69 Å². The predicted octanol–water partition coefficient (Wildman–Crippen LogP) is 3.94. The monoisotopic (exact) mass is 365 g/mol. The standard InChI is InChI=1S/C18H12ClN5O2/c19-14-3-1-11(2-4-14)7-12-8-13(9-18-20-22-23-21-18)17-10-15(24(25)26)5-6-16(12)17/h1-8,10H,9H2,(H,20,21,22,23). The number of tetrazole rings is 1. The highest BCUT2D eigenvalue weighted by Crippen LogP contribution is 2.39. The number of hydrogen-bond acceptors (Lipinski definition) is 5. The zero-order valence-corrected chi connectivity index (χ0v) is 14.1. The van der Waals surface area contributed by atoms with Crippen LogP contribution in [-0.2, 0) is 6.42 Å². The summed E-state index contributed by atoms with van der Waals surface area (Å²) in [6.45, 7) is 0. The maximum Gasteiger partial charge on any atom is 0.270 e. The molecule has 0 radical (unpaired) electrons. The molecule has 26 heavy (non-hydrogen) atoms. The van der Waals surface area contributed by atoms with Crippen LogP contribution in [0.25, 0.3) is 17.2 Å². The van der Waals surface area contributed by atoms with Crippen molar-refractivity contribution in [3.63, 3.8) is 0 Å². The largest absolute Gasteiger partial charge is 0.270 e. The summed E-state index contributed by atoms with van der Waals surface area (Å²) in [6, 6.07) is 12.4.